The Morgan fingerprint density at radius 3 is 2.56 bits per heavy atom. The van der Waals surface area contributed by atoms with E-state index in [0.29, 0.717) is 17.6 Å². The Morgan fingerprint density at radius 2 is 2.06 bits per heavy atom. The van der Waals surface area contributed by atoms with Crippen LogP contribution in [0, 0.1) is 0 Å². The fraction of sp³-hybridized carbons (Fsp3) is 0.333. The molecular formula is C12H14O4. The van der Waals surface area contributed by atoms with Gasteiger partial charge in [0.05, 0.1) is 25.7 Å². The van der Waals surface area contributed by atoms with Crippen molar-refractivity contribution >= 4 is 12.3 Å². The van der Waals surface area contributed by atoms with Gasteiger partial charge in [0.15, 0.2) is 6.29 Å². The molecule has 0 saturated heterocycles. The Labute approximate surface area is 94.2 Å². The smallest absolute Gasteiger partial charge is 0.312 e. The fourth-order valence-electron chi connectivity index (χ4n) is 1.43. The third-order valence-corrected chi connectivity index (χ3v) is 2.44. The molecule has 0 bridgehead atoms. The van der Waals surface area contributed by atoms with Crippen LogP contribution < -0.4 is 4.74 Å². The van der Waals surface area contributed by atoms with E-state index in [1.165, 1.54) is 14.2 Å². The Morgan fingerprint density at radius 1 is 1.38 bits per heavy atom. The molecule has 0 aliphatic rings. The maximum atomic E-state index is 11.3. The molecule has 0 N–H and O–H groups in total. The van der Waals surface area contributed by atoms with Crippen LogP contribution in [0.5, 0.6) is 5.75 Å². The molecule has 0 aromatic heterocycles. The molecule has 0 fully saturated rings. The molecular weight excluding hydrogens is 208 g/mol. The molecule has 1 atom stereocenters. The van der Waals surface area contributed by atoms with Crippen molar-refractivity contribution in [1.29, 1.82) is 0 Å². The summed E-state index contributed by atoms with van der Waals surface area (Å²) in [6, 6.07) is 5.04. The molecule has 4 nitrogen and oxygen atoms in total. The summed E-state index contributed by atoms with van der Waals surface area (Å²) in [6.45, 7) is 1.72. The summed E-state index contributed by atoms with van der Waals surface area (Å²) in [5.41, 5.74) is 1.16. The number of benzene rings is 1. The Kier molecular flexibility index (Phi) is 4.05. The molecule has 0 amide bonds. The predicted molar refractivity (Wildman–Crippen MR) is 58.8 cm³/mol. The molecule has 1 rings (SSSR count). The highest BCUT2D eigenvalue weighted by Crippen LogP contribution is 2.23. The van der Waals surface area contributed by atoms with Gasteiger partial charge in [-0.2, -0.15) is 0 Å². The Balaban J connectivity index is 3.07. The normalized spacial score (nSPS) is 11.7. The molecule has 1 aromatic rings. The van der Waals surface area contributed by atoms with Crippen LogP contribution in [0.2, 0.25) is 0 Å². The number of hydrogen-bond donors (Lipinski definition) is 0. The monoisotopic (exact) mass is 222 g/mol. The molecule has 0 radical (unpaired) electrons. The first-order valence-corrected chi connectivity index (χ1v) is 4.85. The predicted octanol–water partition coefficient (Wildman–Crippen LogP) is 1.78. The van der Waals surface area contributed by atoms with E-state index in [-0.39, 0.29) is 5.97 Å². The zero-order valence-corrected chi connectivity index (χ0v) is 9.52. The second-order valence-electron chi connectivity index (χ2n) is 3.36. The van der Waals surface area contributed by atoms with E-state index in [0.717, 1.165) is 5.56 Å². The van der Waals surface area contributed by atoms with Gasteiger partial charge in [-0.1, -0.05) is 6.07 Å². The molecule has 0 saturated carbocycles. The van der Waals surface area contributed by atoms with Gasteiger partial charge in [0, 0.05) is 0 Å². The van der Waals surface area contributed by atoms with Crippen molar-refractivity contribution in [2.24, 2.45) is 0 Å². The van der Waals surface area contributed by atoms with Crippen molar-refractivity contribution in [1.82, 2.24) is 0 Å². The molecule has 0 heterocycles. The van der Waals surface area contributed by atoms with Gasteiger partial charge in [0.1, 0.15) is 5.75 Å². The van der Waals surface area contributed by atoms with Crippen molar-refractivity contribution in [2.45, 2.75) is 12.8 Å². The summed E-state index contributed by atoms with van der Waals surface area (Å²) in [4.78, 5) is 22.1. The highest BCUT2D eigenvalue weighted by molar-refractivity contribution is 5.82. The van der Waals surface area contributed by atoms with Crippen molar-refractivity contribution in [3.63, 3.8) is 0 Å². The van der Waals surface area contributed by atoms with Gasteiger partial charge >= 0.3 is 5.97 Å². The van der Waals surface area contributed by atoms with Crippen LogP contribution in [-0.2, 0) is 9.53 Å². The van der Waals surface area contributed by atoms with Gasteiger partial charge < -0.3 is 9.47 Å². The highest BCUT2D eigenvalue weighted by atomic mass is 16.5. The molecule has 86 valence electrons. The van der Waals surface area contributed by atoms with E-state index in [1.807, 2.05) is 0 Å². The van der Waals surface area contributed by atoms with Crippen molar-refractivity contribution < 1.29 is 19.1 Å². The molecule has 0 aliphatic heterocycles. The Hall–Kier alpha value is -1.84. The molecule has 1 unspecified atom stereocenters. The van der Waals surface area contributed by atoms with Gasteiger partial charge in [0.25, 0.3) is 0 Å². The van der Waals surface area contributed by atoms with Crippen LogP contribution in [0.4, 0.5) is 0 Å². The van der Waals surface area contributed by atoms with Crippen LogP contribution in [0.15, 0.2) is 18.2 Å². The minimum atomic E-state index is -0.394. The SMILES string of the molecule is COC(=O)C(C)c1ccc(OC)c(C=O)c1. The van der Waals surface area contributed by atoms with Crippen molar-refractivity contribution in [3.8, 4) is 5.75 Å². The lowest BCUT2D eigenvalue weighted by molar-refractivity contribution is -0.141. The average Bonchev–Trinajstić information content (AvgIpc) is 2.35. The number of hydrogen-bond acceptors (Lipinski definition) is 4. The molecule has 0 aliphatic carbocycles. The minimum Gasteiger partial charge on any atom is -0.496 e. The zero-order valence-electron chi connectivity index (χ0n) is 9.52. The number of aldehydes is 1. The van der Waals surface area contributed by atoms with Crippen molar-refractivity contribution in [2.75, 3.05) is 14.2 Å². The second kappa shape index (κ2) is 5.30. The summed E-state index contributed by atoms with van der Waals surface area (Å²) in [5, 5.41) is 0. The minimum absolute atomic E-state index is 0.331. The van der Waals surface area contributed by atoms with Crippen LogP contribution in [-0.4, -0.2) is 26.5 Å². The van der Waals surface area contributed by atoms with E-state index in [1.54, 1.807) is 25.1 Å². The topological polar surface area (TPSA) is 52.6 Å². The average molecular weight is 222 g/mol. The van der Waals surface area contributed by atoms with Crippen LogP contribution >= 0.6 is 0 Å². The molecule has 4 heteroatoms. The third kappa shape index (κ3) is 2.39. The van der Waals surface area contributed by atoms with Gasteiger partial charge in [-0.15, -0.1) is 0 Å². The summed E-state index contributed by atoms with van der Waals surface area (Å²) < 4.78 is 9.65. The summed E-state index contributed by atoms with van der Waals surface area (Å²) in [7, 11) is 2.83. The maximum Gasteiger partial charge on any atom is 0.312 e. The Bertz CT molecular complexity index is 398. The number of rotatable bonds is 4. The quantitative estimate of drug-likeness (QED) is 0.575. The first kappa shape index (κ1) is 12.2. The zero-order chi connectivity index (χ0) is 12.1. The van der Waals surface area contributed by atoms with E-state index in [4.69, 9.17) is 4.74 Å². The first-order valence-electron chi connectivity index (χ1n) is 4.85. The van der Waals surface area contributed by atoms with E-state index in [9.17, 15) is 9.59 Å². The third-order valence-electron chi connectivity index (χ3n) is 2.44. The second-order valence-corrected chi connectivity index (χ2v) is 3.36. The number of esters is 1. The first-order chi connectivity index (χ1) is 7.63. The van der Waals surface area contributed by atoms with Crippen LogP contribution in [0.3, 0.4) is 0 Å². The highest BCUT2D eigenvalue weighted by Gasteiger charge is 2.16. The van der Waals surface area contributed by atoms with Gasteiger partial charge in [0.2, 0.25) is 0 Å². The van der Waals surface area contributed by atoms with E-state index >= 15 is 0 Å². The largest absolute Gasteiger partial charge is 0.496 e. The van der Waals surface area contributed by atoms with E-state index in [2.05, 4.69) is 4.74 Å². The standard InChI is InChI=1S/C12H14O4/c1-8(12(14)16-3)9-4-5-11(15-2)10(6-9)7-13/h4-8H,1-3H3. The summed E-state index contributed by atoms with van der Waals surface area (Å²) in [5.74, 6) is -0.229. The lowest BCUT2D eigenvalue weighted by Crippen LogP contribution is -2.11. The van der Waals surface area contributed by atoms with Crippen LogP contribution in [0.1, 0.15) is 28.8 Å². The number of carbonyl (C=O) groups excluding carboxylic acids is 2. The number of methoxy groups -OCH3 is 2. The van der Waals surface area contributed by atoms with Gasteiger partial charge in [-0.05, 0) is 24.6 Å². The number of carbonyl (C=O) groups is 2. The molecule has 16 heavy (non-hydrogen) atoms. The molecule has 1 aromatic carbocycles. The van der Waals surface area contributed by atoms with Crippen molar-refractivity contribution in [3.05, 3.63) is 29.3 Å². The summed E-state index contributed by atoms with van der Waals surface area (Å²) in [6.07, 6.45) is 0.701. The number of ether oxygens (including phenoxy) is 2. The fourth-order valence-corrected chi connectivity index (χ4v) is 1.43. The molecule has 0 spiro atoms. The summed E-state index contributed by atoms with van der Waals surface area (Å²) >= 11 is 0. The van der Waals surface area contributed by atoms with E-state index < -0.39 is 5.92 Å². The van der Waals surface area contributed by atoms with Crippen LogP contribution in [0.25, 0.3) is 0 Å². The maximum absolute atomic E-state index is 11.3. The lowest BCUT2D eigenvalue weighted by Gasteiger charge is -2.11. The van der Waals surface area contributed by atoms with Gasteiger partial charge in [-0.3, -0.25) is 9.59 Å². The lowest BCUT2D eigenvalue weighted by atomic mass is 9.99. The van der Waals surface area contributed by atoms with Gasteiger partial charge in [-0.25, -0.2) is 0 Å².